The molecule has 130 valence electrons. The van der Waals surface area contributed by atoms with E-state index in [9.17, 15) is 4.79 Å². The standard InChI is InChI=1S/C19H19ClN2O2S/c1-13(2)11-22(19-21-16-5-3-4-6-17(16)25-19)18(23)12-24-15-9-7-14(20)8-10-15/h3-10,13H,11-12H2,1-2H3. The predicted octanol–water partition coefficient (Wildman–Crippen LogP) is 5.02. The molecule has 0 bridgehead atoms. The number of aromatic nitrogens is 1. The van der Waals surface area contributed by atoms with Crippen LogP contribution in [0.5, 0.6) is 5.75 Å². The zero-order chi connectivity index (χ0) is 17.8. The van der Waals surface area contributed by atoms with Crippen molar-refractivity contribution >= 4 is 44.2 Å². The van der Waals surface area contributed by atoms with Crippen LogP contribution in [-0.4, -0.2) is 24.0 Å². The highest BCUT2D eigenvalue weighted by Crippen LogP contribution is 2.29. The van der Waals surface area contributed by atoms with Gasteiger partial charge in [-0.2, -0.15) is 0 Å². The summed E-state index contributed by atoms with van der Waals surface area (Å²) in [6.07, 6.45) is 0. The molecule has 1 aromatic heterocycles. The zero-order valence-electron chi connectivity index (χ0n) is 14.1. The largest absolute Gasteiger partial charge is 0.484 e. The minimum absolute atomic E-state index is 0.0374. The maximum atomic E-state index is 12.7. The van der Waals surface area contributed by atoms with E-state index in [1.165, 1.54) is 11.3 Å². The first-order valence-corrected chi connectivity index (χ1v) is 9.26. The molecule has 2 aromatic carbocycles. The van der Waals surface area contributed by atoms with Gasteiger partial charge in [-0.3, -0.25) is 9.69 Å². The van der Waals surface area contributed by atoms with Crippen molar-refractivity contribution in [1.82, 2.24) is 4.98 Å². The lowest BCUT2D eigenvalue weighted by Crippen LogP contribution is -2.37. The fourth-order valence-electron chi connectivity index (χ4n) is 2.38. The first kappa shape index (κ1) is 17.7. The van der Waals surface area contributed by atoms with Gasteiger partial charge in [0.2, 0.25) is 0 Å². The minimum atomic E-state index is -0.109. The molecule has 3 rings (SSSR count). The quantitative estimate of drug-likeness (QED) is 0.608. The van der Waals surface area contributed by atoms with Crippen molar-refractivity contribution in [3.63, 3.8) is 0 Å². The summed E-state index contributed by atoms with van der Waals surface area (Å²) in [5.74, 6) is 0.834. The molecule has 1 heterocycles. The molecule has 1 amide bonds. The Labute approximate surface area is 156 Å². The van der Waals surface area contributed by atoms with Crippen molar-refractivity contribution in [3.05, 3.63) is 53.6 Å². The fourth-order valence-corrected chi connectivity index (χ4v) is 3.50. The summed E-state index contributed by atoms with van der Waals surface area (Å²) < 4.78 is 6.68. The van der Waals surface area contributed by atoms with Crippen LogP contribution in [0, 0.1) is 5.92 Å². The van der Waals surface area contributed by atoms with Gasteiger partial charge in [0.15, 0.2) is 11.7 Å². The summed E-state index contributed by atoms with van der Waals surface area (Å²) in [7, 11) is 0. The molecule has 4 nitrogen and oxygen atoms in total. The molecule has 3 aromatic rings. The Bertz CT molecular complexity index is 828. The van der Waals surface area contributed by atoms with Crippen LogP contribution in [0.1, 0.15) is 13.8 Å². The van der Waals surface area contributed by atoms with Crippen molar-refractivity contribution < 1.29 is 9.53 Å². The molecule has 25 heavy (non-hydrogen) atoms. The third kappa shape index (κ3) is 4.50. The number of anilines is 1. The fraction of sp³-hybridized carbons (Fsp3) is 0.263. The summed E-state index contributed by atoms with van der Waals surface area (Å²) in [6, 6.07) is 14.9. The van der Waals surface area contributed by atoms with Gasteiger partial charge in [0.05, 0.1) is 10.2 Å². The van der Waals surface area contributed by atoms with Crippen LogP contribution in [0.4, 0.5) is 5.13 Å². The number of thiazole rings is 1. The summed E-state index contributed by atoms with van der Waals surface area (Å²) in [4.78, 5) is 19.1. The van der Waals surface area contributed by atoms with Crippen LogP contribution in [0.2, 0.25) is 5.02 Å². The summed E-state index contributed by atoms with van der Waals surface area (Å²) in [6.45, 7) is 4.72. The maximum Gasteiger partial charge on any atom is 0.266 e. The van der Waals surface area contributed by atoms with E-state index in [0.717, 1.165) is 10.2 Å². The number of hydrogen-bond donors (Lipinski definition) is 0. The zero-order valence-corrected chi connectivity index (χ0v) is 15.7. The monoisotopic (exact) mass is 374 g/mol. The van der Waals surface area contributed by atoms with E-state index in [2.05, 4.69) is 18.8 Å². The number of fused-ring (bicyclic) bond motifs is 1. The van der Waals surface area contributed by atoms with E-state index in [-0.39, 0.29) is 12.5 Å². The number of carbonyl (C=O) groups is 1. The lowest BCUT2D eigenvalue weighted by atomic mass is 10.2. The lowest BCUT2D eigenvalue weighted by Gasteiger charge is -2.22. The van der Waals surface area contributed by atoms with E-state index in [4.69, 9.17) is 16.3 Å². The number of rotatable bonds is 6. The van der Waals surface area contributed by atoms with Crippen molar-refractivity contribution in [1.29, 1.82) is 0 Å². The van der Waals surface area contributed by atoms with Crippen molar-refractivity contribution in [2.24, 2.45) is 5.92 Å². The van der Waals surface area contributed by atoms with Gasteiger partial charge in [-0.05, 0) is 42.3 Å². The van der Waals surface area contributed by atoms with Gasteiger partial charge in [0.1, 0.15) is 5.75 Å². The van der Waals surface area contributed by atoms with Crippen LogP contribution in [-0.2, 0) is 4.79 Å². The number of ether oxygens (including phenoxy) is 1. The molecule has 0 saturated carbocycles. The molecular weight excluding hydrogens is 356 g/mol. The van der Waals surface area contributed by atoms with E-state index in [1.54, 1.807) is 29.2 Å². The molecule has 0 unspecified atom stereocenters. The highest BCUT2D eigenvalue weighted by Gasteiger charge is 2.21. The predicted molar refractivity (Wildman–Crippen MR) is 104 cm³/mol. The van der Waals surface area contributed by atoms with Crippen molar-refractivity contribution in [3.8, 4) is 5.75 Å². The van der Waals surface area contributed by atoms with E-state index in [1.807, 2.05) is 24.3 Å². The molecule has 0 aliphatic rings. The van der Waals surface area contributed by atoms with Gasteiger partial charge in [-0.1, -0.05) is 48.9 Å². The topological polar surface area (TPSA) is 42.4 Å². The van der Waals surface area contributed by atoms with Gasteiger partial charge < -0.3 is 4.74 Å². The maximum absolute atomic E-state index is 12.7. The Balaban J connectivity index is 1.77. The van der Waals surface area contributed by atoms with Crippen molar-refractivity contribution in [2.75, 3.05) is 18.1 Å². The molecule has 0 aliphatic heterocycles. The van der Waals surface area contributed by atoms with E-state index < -0.39 is 0 Å². The lowest BCUT2D eigenvalue weighted by molar-refractivity contribution is -0.120. The Morgan fingerprint density at radius 2 is 1.92 bits per heavy atom. The van der Waals surface area contributed by atoms with E-state index >= 15 is 0 Å². The number of benzene rings is 2. The minimum Gasteiger partial charge on any atom is -0.484 e. The van der Waals surface area contributed by atoms with E-state index in [0.29, 0.717) is 28.4 Å². The highest BCUT2D eigenvalue weighted by molar-refractivity contribution is 7.22. The summed E-state index contributed by atoms with van der Waals surface area (Å²) >= 11 is 7.38. The second-order valence-electron chi connectivity index (χ2n) is 6.10. The molecule has 0 atom stereocenters. The van der Waals surface area contributed by atoms with Crippen LogP contribution < -0.4 is 9.64 Å². The molecule has 0 spiro atoms. The normalized spacial score (nSPS) is 11.0. The van der Waals surface area contributed by atoms with Gasteiger partial charge in [-0.15, -0.1) is 0 Å². The molecular formula is C19H19ClN2O2S. The van der Waals surface area contributed by atoms with Gasteiger partial charge in [-0.25, -0.2) is 4.98 Å². The molecule has 0 fully saturated rings. The van der Waals surface area contributed by atoms with Gasteiger partial charge in [0, 0.05) is 11.6 Å². The smallest absolute Gasteiger partial charge is 0.266 e. The average molecular weight is 375 g/mol. The second kappa shape index (κ2) is 7.85. The first-order valence-electron chi connectivity index (χ1n) is 8.07. The Hall–Kier alpha value is -2.11. The van der Waals surface area contributed by atoms with Crippen molar-refractivity contribution in [2.45, 2.75) is 13.8 Å². The SMILES string of the molecule is CC(C)CN(C(=O)COc1ccc(Cl)cc1)c1nc2ccccc2s1. The van der Waals surface area contributed by atoms with Gasteiger partial charge >= 0.3 is 0 Å². The van der Waals surface area contributed by atoms with Gasteiger partial charge in [0.25, 0.3) is 5.91 Å². The summed E-state index contributed by atoms with van der Waals surface area (Å²) in [5, 5.41) is 1.34. The molecule has 6 heteroatoms. The second-order valence-corrected chi connectivity index (χ2v) is 7.55. The Kier molecular flexibility index (Phi) is 5.56. The van der Waals surface area contributed by atoms with Crippen LogP contribution in [0.3, 0.4) is 0 Å². The third-order valence-electron chi connectivity index (χ3n) is 3.54. The summed E-state index contributed by atoms with van der Waals surface area (Å²) in [5.41, 5.74) is 0.905. The van der Waals surface area contributed by atoms with Crippen LogP contribution in [0.15, 0.2) is 48.5 Å². The molecule has 0 radical (unpaired) electrons. The number of para-hydroxylation sites is 1. The van der Waals surface area contributed by atoms with Crippen LogP contribution in [0.25, 0.3) is 10.2 Å². The molecule has 0 aliphatic carbocycles. The number of carbonyl (C=O) groups excluding carboxylic acids is 1. The highest BCUT2D eigenvalue weighted by atomic mass is 35.5. The number of amides is 1. The number of halogens is 1. The first-order chi connectivity index (χ1) is 12.0. The Morgan fingerprint density at radius 3 is 2.60 bits per heavy atom. The third-order valence-corrected chi connectivity index (χ3v) is 4.85. The van der Waals surface area contributed by atoms with Crippen LogP contribution >= 0.6 is 22.9 Å². The molecule has 0 N–H and O–H groups in total. The molecule has 0 saturated heterocycles. The number of hydrogen-bond acceptors (Lipinski definition) is 4. The Morgan fingerprint density at radius 1 is 1.20 bits per heavy atom. The average Bonchev–Trinajstić information content (AvgIpc) is 3.02. The number of nitrogens with zero attached hydrogens (tertiary/aromatic N) is 2.